The Morgan fingerprint density at radius 2 is 2.30 bits per heavy atom. The van der Waals surface area contributed by atoms with Crippen LogP contribution in [0.15, 0.2) is 18.2 Å². The number of nitriles is 1. The average Bonchev–Trinajstić information content (AvgIpc) is 2.88. The molecule has 1 amide bonds. The summed E-state index contributed by atoms with van der Waals surface area (Å²) >= 11 is 1.08. The number of aryl methyl sites for hydroxylation is 2. The number of anilines is 1. The van der Waals surface area contributed by atoms with Crippen molar-refractivity contribution in [3.05, 3.63) is 39.9 Å². The fourth-order valence-electron chi connectivity index (χ4n) is 1.88. The first-order chi connectivity index (χ1) is 9.67. The van der Waals surface area contributed by atoms with Gasteiger partial charge in [0.15, 0.2) is 0 Å². The van der Waals surface area contributed by atoms with E-state index in [1.54, 1.807) is 6.07 Å². The molecule has 1 heterocycles. The fraction of sp³-hybridized carbons (Fsp3) is 0.286. The van der Waals surface area contributed by atoms with Gasteiger partial charge in [0, 0.05) is 0 Å². The Bertz CT molecular complexity index is 672. The Morgan fingerprint density at radius 1 is 1.50 bits per heavy atom. The summed E-state index contributed by atoms with van der Waals surface area (Å²) < 4.78 is 3.83. The number of rotatable bonds is 4. The molecule has 20 heavy (non-hydrogen) atoms. The van der Waals surface area contributed by atoms with E-state index >= 15 is 0 Å². The van der Waals surface area contributed by atoms with E-state index < -0.39 is 0 Å². The monoisotopic (exact) mass is 286 g/mol. The highest BCUT2D eigenvalue weighted by atomic mass is 32.1. The quantitative estimate of drug-likeness (QED) is 0.937. The minimum absolute atomic E-state index is 0.259. The number of hydrogen-bond donors (Lipinski definition) is 1. The molecular formula is C14H14N4OS. The van der Waals surface area contributed by atoms with E-state index in [1.807, 2.05) is 26.0 Å². The van der Waals surface area contributed by atoms with E-state index in [1.165, 1.54) is 0 Å². The van der Waals surface area contributed by atoms with Crippen LogP contribution < -0.4 is 5.32 Å². The van der Waals surface area contributed by atoms with Gasteiger partial charge in [-0.1, -0.05) is 30.0 Å². The summed E-state index contributed by atoms with van der Waals surface area (Å²) in [6.45, 7) is 3.86. The van der Waals surface area contributed by atoms with Crippen molar-refractivity contribution >= 4 is 23.1 Å². The standard InChI is InChI=1S/C14H14N4OS/c1-3-5-12-13(20-18-17-12)14(19)16-11-7-4-6-9(2)10(11)8-15/h4,6-7H,3,5H2,1-2H3,(H,16,19). The van der Waals surface area contributed by atoms with Crippen LogP contribution in [0.25, 0.3) is 0 Å². The van der Waals surface area contributed by atoms with Gasteiger partial charge in [0.1, 0.15) is 10.9 Å². The number of benzene rings is 1. The molecule has 0 fully saturated rings. The van der Waals surface area contributed by atoms with Crippen molar-refractivity contribution in [2.24, 2.45) is 0 Å². The lowest BCUT2D eigenvalue weighted by Crippen LogP contribution is -2.13. The Hall–Kier alpha value is -2.26. The van der Waals surface area contributed by atoms with Crippen molar-refractivity contribution in [3.8, 4) is 6.07 Å². The second kappa shape index (κ2) is 6.26. The van der Waals surface area contributed by atoms with Gasteiger partial charge < -0.3 is 5.32 Å². The molecule has 0 spiro atoms. The number of carbonyl (C=O) groups excluding carboxylic acids is 1. The average molecular weight is 286 g/mol. The first kappa shape index (κ1) is 14.2. The molecule has 2 rings (SSSR count). The van der Waals surface area contributed by atoms with Crippen molar-refractivity contribution in [2.45, 2.75) is 26.7 Å². The van der Waals surface area contributed by atoms with Crippen molar-refractivity contribution in [3.63, 3.8) is 0 Å². The van der Waals surface area contributed by atoms with Gasteiger partial charge in [-0.25, -0.2) is 0 Å². The Balaban J connectivity index is 2.27. The fourth-order valence-corrected chi connectivity index (χ4v) is 2.48. The lowest BCUT2D eigenvalue weighted by Gasteiger charge is -2.08. The molecule has 2 aromatic rings. The summed E-state index contributed by atoms with van der Waals surface area (Å²) in [6, 6.07) is 7.48. The van der Waals surface area contributed by atoms with E-state index in [4.69, 9.17) is 5.26 Å². The van der Waals surface area contributed by atoms with E-state index in [9.17, 15) is 4.79 Å². The molecule has 0 saturated heterocycles. The number of nitrogens with one attached hydrogen (secondary N) is 1. The minimum atomic E-state index is -0.259. The smallest absolute Gasteiger partial charge is 0.269 e. The number of hydrogen-bond acceptors (Lipinski definition) is 5. The van der Waals surface area contributed by atoms with Crippen LogP contribution in [0.3, 0.4) is 0 Å². The van der Waals surface area contributed by atoms with Crippen LogP contribution in [0.5, 0.6) is 0 Å². The summed E-state index contributed by atoms with van der Waals surface area (Å²) in [4.78, 5) is 12.8. The van der Waals surface area contributed by atoms with Gasteiger partial charge in [-0.15, -0.1) is 5.10 Å². The highest BCUT2D eigenvalue weighted by Gasteiger charge is 2.17. The van der Waals surface area contributed by atoms with Crippen molar-refractivity contribution in [1.82, 2.24) is 9.59 Å². The first-order valence-corrected chi connectivity index (χ1v) is 7.07. The Morgan fingerprint density at radius 3 is 3.00 bits per heavy atom. The molecule has 0 saturated carbocycles. The van der Waals surface area contributed by atoms with Crippen LogP contribution >= 0.6 is 11.5 Å². The molecule has 1 N–H and O–H groups in total. The third-order valence-corrected chi connectivity index (χ3v) is 3.65. The maximum atomic E-state index is 12.3. The van der Waals surface area contributed by atoms with Crippen LogP contribution in [-0.4, -0.2) is 15.5 Å². The molecule has 0 atom stereocenters. The third-order valence-electron chi connectivity index (χ3n) is 2.88. The molecule has 0 unspecified atom stereocenters. The Kier molecular flexibility index (Phi) is 4.43. The van der Waals surface area contributed by atoms with Gasteiger partial charge in [0.2, 0.25) is 0 Å². The predicted octanol–water partition coefficient (Wildman–Crippen LogP) is 2.92. The van der Waals surface area contributed by atoms with Gasteiger partial charge in [0.05, 0.1) is 16.9 Å². The summed E-state index contributed by atoms with van der Waals surface area (Å²) in [5.41, 5.74) is 2.55. The second-order valence-electron chi connectivity index (χ2n) is 4.36. The van der Waals surface area contributed by atoms with E-state index in [2.05, 4.69) is 21.0 Å². The van der Waals surface area contributed by atoms with Gasteiger partial charge >= 0.3 is 0 Å². The van der Waals surface area contributed by atoms with Crippen LogP contribution in [-0.2, 0) is 6.42 Å². The predicted molar refractivity (Wildman–Crippen MR) is 77.8 cm³/mol. The van der Waals surface area contributed by atoms with Crippen LogP contribution in [0.2, 0.25) is 0 Å². The minimum Gasteiger partial charge on any atom is -0.320 e. The molecule has 1 aromatic heterocycles. The molecule has 0 aliphatic heterocycles. The molecular weight excluding hydrogens is 272 g/mol. The molecule has 6 heteroatoms. The molecule has 0 aliphatic carbocycles. The van der Waals surface area contributed by atoms with Gasteiger partial charge in [-0.2, -0.15) is 5.26 Å². The highest BCUT2D eigenvalue weighted by Crippen LogP contribution is 2.21. The molecule has 102 valence electrons. The van der Waals surface area contributed by atoms with Crippen LogP contribution in [0.1, 0.15) is 39.8 Å². The molecule has 0 radical (unpaired) electrons. The topological polar surface area (TPSA) is 78.7 Å². The van der Waals surface area contributed by atoms with Gasteiger partial charge in [-0.3, -0.25) is 4.79 Å². The maximum Gasteiger partial charge on any atom is 0.269 e. The maximum absolute atomic E-state index is 12.3. The van der Waals surface area contributed by atoms with Gasteiger partial charge in [0.25, 0.3) is 5.91 Å². The number of nitrogens with zero attached hydrogens (tertiary/aromatic N) is 3. The summed E-state index contributed by atoms with van der Waals surface area (Å²) in [5.74, 6) is -0.259. The zero-order valence-electron chi connectivity index (χ0n) is 11.3. The summed E-state index contributed by atoms with van der Waals surface area (Å²) in [7, 11) is 0. The first-order valence-electron chi connectivity index (χ1n) is 6.29. The van der Waals surface area contributed by atoms with Crippen molar-refractivity contribution < 1.29 is 4.79 Å². The second-order valence-corrected chi connectivity index (χ2v) is 5.12. The van der Waals surface area contributed by atoms with E-state index in [0.717, 1.165) is 29.9 Å². The van der Waals surface area contributed by atoms with Crippen LogP contribution in [0.4, 0.5) is 5.69 Å². The molecule has 5 nitrogen and oxygen atoms in total. The summed E-state index contributed by atoms with van der Waals surface area (Å²) in [6.07, 6.45) is 1.62. The molecule has 0 aliphatic rings. The lowest BCUT2D eigenvalue weighted by atomic mass is 10.1. The SMILES string of the molecule is CCCc1nnsc1C(=O)Nc1cccc(C)c1C#N. The lowest BCUT2D eigenvalue weighted by molar-refractivity contribution is 0.102. The Labute approximate surface area is 121 Å². The zero-order valence-corrected chi connectivity index (χ0v) is 12.1. The van der Waals surface area contributed by atoms with Gasteiger partial charge in [-0.05, 0) is 36.5 Å². The highest BCUT2D eigenvalue weighted by molar-refractivity contribution is 7.08. The number of carbonyl (C=O) groups is 1. The van der Waals surface area contributed by atoms with E-state index in [-0.39, 0.29) is 5.91 Å². The van der Waals surface area contributed by atoms with E-state index in [0.29, 0.717) is 21.8 Å². The molecule has 0 bridgehead atoms. The molecule has 1 aromatic carbocycles. The van der Waals surface area contributed by atoms with Crippen LogP contribution in [0, 0.1) is 18.3 Å². The van der Waals surface area contributed by atoms with Crippen molar-refractivity contribution in [1.29, 1.82) is 5.26 Å². The summed E-state index contributed by atoms with van der Waals surface area (Å²) in [5, 5.41) is 15.9. The normalized spacial score (nSPS) is 10.1. The number of amides is 1. The largest absolute Gasteiger partial charge is 0.320 e. The number of aromatic nitrogens is 2. The van der Waals surface area contributed by atoms with Crippen molar-refractivity contribution in [2.75, 3.05) is 5.32 Å². The third kappa shape index (κ3) is 2.83. The zero-order chi connectivity index (χ0) is 14.5.